The lowest BCUT2D eigenvalue weighted by atomic mass is 10.0. The normalized spacial score (nSPS) is 20.7. The minimum atomic E-state index is -0.156. The molecule has 2 aromatic rings. The molecule has 1 saturated carbocycles. The second-order valence-electron chi connectivity index (χ2n) is 6.73. The van der Waals surface area contributed by atoms with E-state index >= 15 is 0 Å². The zero-order chi connectivity index (χ0) is 17.8. The van der Waals surface area contributed by atoms with Crippen molar-refractivity contribution in [3.8, 4) is 0 Å². The zero-order valence-electron chi connectivity index (χ0n) is 14.6. The van der Waals surface area contributed by atoms with Crippen LogP contribution in [-0.4, -0.2) is 23.9 Å². The van der Waals surface area contributed by atoms with E-state index in [1.807, 2.05) is 13.8 Å². The van der Waals surface area contributed by atoms with Gasteiger partial charge in [-0.2, -0.15) is 0 Å². The van der Waals surface area contributed by atoms with Gasteiger partial charge in [-0.15, -0.1) is 0 Å². The molecule has 1 aliphatic carbocycles. The second kappa shape index (κ2) is 7.59. The van der Waals surface area contributed by atoms with Gasteiger partial charge in [0, 0.05) is 12.1 Å². The van der Waals surface area contributed by atoms with E-state index in [1.54, 1.807) is 12.5 Å². The van der Waals surface area contributed by atoms with Crippen LogP contribution < -0.4 is 10.6 Å². The maximum atomic E-state index is 12.5. The summed E-state index contributed by atoms with van der Waals surface area (Å²) >= 11 is 0. The summed E-state index contributed by atoms with van der Waals surface area (Å²) in [6.45, 7) is 3.68. The molecule has 134 valence electrons. The first-order valence-electron chi connectivity index (χ1n) is 8.73. The summed E-state index contributed by atoms with van der Waals surface area (Å²) in [6, 6.07) is -0.194. The van der Waals surface area contributed by atoms with Gasteiger partial charge in [-0.25, -0.2) is 0 Å². The number of hydrogen-bond acceptors (Lipinski definition) is 4. The van der Waals surface area contributed by atoms with Crippen molar-refractivity contribution in [3.63, 3.8) is 0 Å². The van der Waals surface area contributed by atoms with Gasteiger partial charge in [0.1, 0.15) is 12.5 Å². The fraction of sp³-hybridized carbons (Fsp3) is 0.474. The third kappa shape index (κ3) is 3.95. The second-order valence-corrected chi connectivity index (χ2v) is 6.73. The fourth-order valence-electron chi connectivity index (χ4n) is 3.33. The Morgan fingerprint density at radius 1 is 0.800 bits per heavy atom. The minimum Gasteiger partial charge on any atom is -0.471 e. The summed E-state index contributed by atoms with van der Waals surface area (Å²) in [6.07, 6.45) is 10.9. The van der Waals surface area contributed by atoms with E-state index in [0.717, 1.165) is 43.2 Å². The molecule has 1 fully saturated rings. The Hall–Kier alpha value is -2.50. The van der Waals surface area contributed by atoms with Gasteiger partial charge in [0.05, 0.1) is 23.7 Å². The first kappa shape index (κ1) is 17.3. The van der Waals surface area contributed by atoms with E-state index in [4.69, 9.17) is 8.83 Å². The maximum absolute atomic E-state index is 12.5. The van der Waals surface area contributed by atoms with Crippen molar-refractivity contribution < 1.29 is 18.4 Å². The Balaban J connectivity index is 1.71. The summed E-state index contributed by atoms with van der Waals surface area (Å²) in [5, 5.41) is 6.16. The van der Waals surface area contributed by atoms with Crippen molar-refractivity contribution in [2.75, 3.05) is 0 Å². The van der Waals surface area contributed by atoms with Crippen LogP contribution in [0, 0.1) is 13.8 Å². The molecule has 25 heavy (non-hydrogen) atoms. The highest BCUT2D eigenvalue weighted by Crippen LogP contribution is 2.20. The number of nitrogens with one attached hydrogen (secondary N) is 2. The van der Waals surface area contributed by atoms with Crippen LogP contribution in [0.15, 0.2) is 33.9 Å². The maximum Gasteiger partial charge on any atom is 0.255 e. The predicted molar refractivity (Wildman–Crippen MR) is 92.5 cm³/mol. The Morgan fingerprint density at radius 3 is 1.60 bits per heavy atom. The SMILES string of the molecule is Cc1cocc1C(=O)N[C@H]1CCCCC[C@H]1NC(=O)c1cocc1C. The van der Waals surface area contributed by atoms with Gasteiger partial charge in [-0.1, -0.05) is 19.3 Å². The summed E-state index contributed by atoms with van der Waals surface area (Å²) in [5.74, 6) is -0.311. The third-order valence-electron chi connectivity index (χ3n) is 4.85. The lowest BCUT2D eigenvalue weighted by molar-refractivity contribution is 0.0877. The van der Waals surface area contributed by atoms with Crippen LogP contribution in [0.3, 0.4) is 0 Å². The largest absolute Gasteiger partial charge is 0.471 e. The van der Waals surface area contributed by atoms with E-state index in [1.165, 1.54) is 12.5 Å². The summed E-state index contributed by atoms with van der Waals surface area (Å²) in [5.41, 5.74) is 2.70. The van der Waals surface area contributed by atoms with E-state index < -0.39 is 0 Å². The molecule has 0 saturated heterocycles. The molecule has 0 bridgehead atoms. The smallest absolute Gasteiger partial charge is 0.255 e. The first-order valence-corrected chi connectivity index (χ1v) is 8.73. The van der Waals surface area contributed by atoms with Crippen LogP contribution in [0.1, 0.15) is 63.9 Å². The highest BCUT2D eigenvalue weighted by atomic mass is 16.3. The molecule has 2 heterocycles. The Kier molecular flexibility index (Phi) is 5.26. The Bertz CT molecular complexity index is 684. The Morgan fingerprint density at radius 2 is 1.24 bits per heavy atom. The molecular weight excluding hydrogens is 320 g/mol. The molecule has 0 unspecified atom stereocenters. The van der Waals surface area contributed by atoms with Crippen LogP contribution in [0.5, 0.6) is 0 Å². The Labute approximate surface area is 147 Å². The average Bonchev–Trinajstić information content (AvgIpc) is 3.14. The quantitative estimate of drug-likeness (QED) is 0.833. The molecule has 0 aromatic carbocycles. The van der Waals surface area contributed by atoms with Crippen molar-refractivity contribution in [1.29, 1.82) is 0 Å². The van der Waals surface area contributed by atoms with Gasteiger partial charge in [0.15, 0.2) is 0 Å². The molecular formula is C19H24N2O4. The summed E-state index contributed by atoms with van der Waals surface area (Å²) < 4.78 is 10.2. The standard InChI is InChI=1S/C19H24N2O4/c1-12-8-24-10-14(12)18(22)20-16-6-4-3-5-7-17(16)21-19(23)15-11-25-9-13(15)2/h8-11,16-17H,3-7H2,1-2H3,(H,20,22)(H,21,23)/t16-,17+. The molecule has 2 amide bonds. The molecule has 2 aromatic heterocycles. The monoisotopic (exact) mass is 344 g/mol. The summed E-state index contributed by atoms with van der Waals surface area (Å²) in [7, 11) is 0. The number of carbonyl (C=O) groups excluding carboxylic acids is 2. The van der Waals surface area contributed by atoms with Crippen molar-refractivity contribution >= 4 is 11.8 Å². The number of furan rings is 2. The van der Waals surface area contributed by atoms with Gasteiger partial charge in [0.2, 0.25) is 0 Å². The van der Waals surface area contributed by atoms with Crippen molar-refractivity contribution in [2.24, 2.45) is 0 Å². The van der Waals surface area contributed by atoms with Crippen molar-refractivity contribution in [1.82, 2.24) is 10.6 Å². The van der Waals surface area contributed by atoms with Crippen LogP contribution in [0.4, 0.5) is 0 Å². The van der Waals surface area contributed by atoms with Crippen molar-refractivity contribution in [2.45, 2.75) is 58.0 Å². The lowest BCUT2D eigenvalue weighted by Gasteiger charge is -2.27. The number of hydrogen-bond donors (Lipinski definition) is 2. The molecule has 0 radical (unpaired) electrons. The molecule has 0 aliphatic heterocycles. The van der Waals surface area contributed by atoms with Crippen LogP contribution >= 0.6 is 0 Å². The van der Waals surface area contributed by atoms with Gasteiger partial charge in [-0.3, -0.25) is 9.59 Å². The lowest BCUT2D eigenvalue weighted by Crippen LogP contribution is -2.51. The third-order valence-corrected chi connectivity index (χ3v) is 4.85. The van der Waals surface area contributed by atoms with Crippen LogP contribution in [0.2, 0.25) is 0 Å². The molecule has 6 heteroatoms. The summed E-state index contributed by atoms with van der Waals surface area (Å²) in [4.78, 5) is 25.0. The topological polar surface area (TPSA) is 84.5 Å². The average molecular weight is 344 g/mol. The van der Waals surface area contributed by atoms with E-state index in [9.17, 15) is 9.59 Å². The van der Waals surface area contributed by atoms with E-state index in [-0.39, 0.29) is 23.9 Å². The van der Waals surface area contributed by atoms with Crippen LogP contribution in [0.25, 0.3) is 0 Å². The first-order chi connectivity index (χ1) is 12.1. The van der Waals surface area contributed by atoms with Crippen LogP contribution in [-0.2, 0) is 0 Å². The van der Waals surface area contributed by atoms with E-state index in [2.05, 4.69) is 10.6 Å². The van der Waals surface area contributed by atoms with Crippen molar-refractivity contribution in [3.05, 3.63) is 47.3 Å². The van der Waals surface area contributed by atoms with Gasteiger partial charge >= 0.3 is 0 Å². The number of aryl methyl sites for hydroxylation is 2. The highest BCUT2D eigenvalue weighted by Gasteiger charge is 2.28. The molecule has 3 rings (SSSR count). The zero-order valence-corrected chi connectivity index (χ0v) is 14.6. The number of rotatable bonds is 4. The molecule has 2 N–H and O–H groups in total. The van der Waals surface area contributed by atoms with Gasteiger partial charge < -0.3 is 19.5 Å². The van der Waals surface area contributed by atoms with Gasteiger partial charge in [0.25, 0.3) is 11.8 Å². The highest BCUT2D eigenvalue weighted by molar-refractivity contribution is 5.96. The van der Waals surface area contributed by atoms with Gasteiger partial charge in [-0.05, 0) is 37.8 Å². The molecule has 6 nitrogen and oxygen atoms in total. The molecule has 1 aliphatic rings. The molecule has 0 spiro atoms. The number of carbonyl (C=O) groups is 2. The minimum absolute atomic E-state index is 0.0968. The fourth-order valence-corrected chi connectivity index (χ4v) is 3.33. The predicted octanol–water partition coefficient (Wildman–Crippen LogP) is 3.35. The van der Waals surface area contributed by atoms with E-state index in [0.29, 0.717) is 11.1 Å². The number of amides is 2. The molecule has 2 atom stereocenters.